The third-order valence-corrected chi connectivity index (χ3v) is 14.4. The van der Waals surface area contributed by atoms with Gasteiger partial charge in [-0.25, -0.2) is 4.39 Å². The van der Waals surface area contributed by atoms with E-state index in [0.717, 1.165) is 73.0 Å². The second-order valence-electron chi connectivity index (χ2n) is 19.3. The van der Waals surface area contributed by atoms with Crippen LogP contribution in [0.1, 0.15) is 70.1 Å². The first-order valence-corrected chi connectivity index (χ1v) is 26.3. The van der Waals surface area contributed by atoms with Gasteiger partial charge in [-0.3, -0.25) is 9.97 Å². The van der Waals surface area contributed by atoms with Crippen LogP contribution in [-0.4, -0.2) is 32.2 Å². The third-order valence-electron chi connectivity index (χ3n) is 12.3. The maximum Gasteiger partial charge on any atom is 0.123 e. The molecule has 0 fully saturated rings. The maximum absolute atomic E-state index is 14.0. The van der Waals surface area contributed by atoms with E-state index in [2.05, 4.69) is 196 Å². The molecule has 1 radical (unpaired) electrons. The van der Waals surface area contributed by atoms with Gasteiger partial charge in [0.15, 0.2) is 0 Å². The van der Waals surface area contributed by atoms with E-state index >= 15 is 0 Å². The zero-order valence-corrected chi connectivity index (χ0v) is 42.6. The van der Waals surface area contributed by atoms with Crippen LogP contribution >= 0.6 is 0 Å². The zero-order valence-electron chi connectivity index (χ0n) is 39.2. The molecule has 10 rings (SSSR count). The minimum absolute atomic E-state index is 0. The number of imidazole rings is 1. The van der Waals surface area contributed by atoms with Crippen LogP contribution in [0.4, 0.5) is 4.39 Å². The Morgan fingerprint density at radius 3 is 1.97 bits per heavy atom. The number of pyridine rings is 2. The minimum atomic E-state index is -1.35. The first kappa shape index (κ1) is 46.5. The van der Waals surface area contributed by atoms with Gasteiger partial charge in [0.25, 0.3) is 0 Å². The minimum Gasteiger partial charge on any atom is -0.351 e. The number of rotatable bonds is 9. The van der Waals surface area contributed by atoms with Crippen molar-refractivity contribution < 1.29 is 24.5 Å². The Bertz CT molecular complexity index is 3300. The Labute approximate surface area is 403 Å². The maximum atomic E-state index is 14.0. The second-order valence-corrected chi connectivity index (χ2v) is 24.3. The summed E-state index contributed by atoms with van der Waals surface area (Å²) in [6.45, 7) is 20.7. The molecule has 5 nitrogen and oxygen atoms in total. The van der Waals surface area contributed by atoms with Crippen molar-refractivity contribution in [1.29, 1.82) is 0 Å². The van der Waals surface area contributed by atoms with E-state index in [0.29, 0.717) is 17.8 Å². The number of halogens is 1. The van der Waals surface area contributed by atoms with E-state index in [-0.39, 0.29) is 25.9 Å². The molecule has 0 spiro atoms. The van der Waals surface area contributed by atoms with Gasteiger partial charge in [-0.2, -0.15) is 11.6 Å². The summed E-state index contributed by atoms with van der Waals surface area (Å²) >= 11 is 0. The summed E-state index contributed by atoms with van der Waals surface area (Å²) in [6.07, 6.45) is 6.70. The summed E-state index contributed by atoms with van der Waals surface area (Å²) in [7, 11) is -1.35. The topological polar surface area (TPSA) is 48.5 Å². The molecule has 66 heavy (non-hydrogen) atoms. The molecule has 10 aromatic rings. The predicted octanol–water partition coefficient (Wildman–Crippen LogP) is 14.8. The van der Waals surface area contributed by atoms with Gasteiger partial charge in [0.05, 0.1) is 24.9 Å². The summed E-state index contributed by atoms with van der Waals surface area (Å²) in [5.41, 5.74) is 13.2. The summed E-state index contributed by atoms with van der Waals surface area (Å²) in [4.78, 5) is 13.9. The summed E-state index contributed by atoms with van der Waals surface area (Å²) in [6, 6.07) is 50.1. The molecule has 8 heteroatoms. The van der Waals surface area contributed by atoms with E-state index in [9.17, 15) is 4.39 Å². The molecule has 4 aromatic heterocycles. The molecule has 0 aliphatic heterocycles. The molecule has 0 saturated heterocycles. The summed E-state index contributed by atoms with van der Waals surface area (Å²) in [5.74, 6) is 1.95. The van der Waals surface area contributed by atoms with Gasteiger partial charge >= 0.3 is 0 Å². The zero-order chi connectivity index (χ0) is 45.6. The number of fused-ring (bicyclic) bond motifs is 5. The van der Waals surface area contributed by atoms with Gasteiger partial charge < -0.3 is 14.1 Å². The van der Waals surface area contributed by atoms with Gasteiger partial charge in [0, 0.05) is 43.2 Å². The second kappa shape index (κ2) is 19.0. The van der Waals surface area contributed by atoms with Crippen LogP contribution in [0.3, 0.4) is 0 Å². The van der Waals surface area contributed by atoms with Crippen LogP contribution in [-0.2, 0) is 26.5 Å². The molecule has 0 bridgehead atoms. The molecule has 0 unspecified atom stereocenters. The Morgan fingerprint density at radius 2 is 1.32 bits per heavy atom. The van der Waals surface area contributed by atoms with E-state index < -0.39 is 8.07 Å². The fourth-order valence-corrected chi connectivity index (χ4v) is 10.8. The number of para-hydroxylation sites is 3. The van der Waals surface area contributed by atoms with Crippen molar-refractivity contribution >= 4 is 56.9 Å². The van der Waals surface area contributed by atoms with Crippen molar-refractivity contribution in [3.63, 3.8) is 0 Å². The number of hydrogen-bond donors (Lipinski definition) is 0. The molecule has 0 amide bonds. The van der Waals surface area contributed by atoms with Gasteiger partial charge in [-0.1, -0.05) is 133 Å². The van der Waals surface area contributed by atoms with E-state index in [1.54, 1.807) is 12.4 Å². The van der Waals surface area contributed by atoms with Crippen molar-refractivity contribution in [3.05, 3.63) is 181 Å². The SMILES string of the molecule is CC(C)Cc1cc(-c2[c-]cncc2)ncc1[Si](C)(C)C.CC(C)c1cccc(C(C)C)c1-n1c(-c2[c-]cc3c(c2)c2cc4ccccc4cc2n3-c2ccc(F)cc2)nc2ccccc21.[Ir]. The first-order valence-electron chi connectivity index (χ1n) is 22.8. The van der Waals surface area contributed by atoms with Gasteiger partial charge in [-0.05, 0) is 129 Å². The molecule has 0 aliphatic rings. The Hall–Kier alpha value is -6.05. The van der Waals surface area contributed by atoms with Crippen LogP contribution in [0.2, 0.25) is 19.6 Å². The smallest absolute Gasteiger partial charge is 0.123 e. The van der Waals surface area contributed by atoms with Crippen molar-refractivity contribution in [2.45, 2.75) is 79.4 Å². The van der Waals surface area contributed by atoms with E-state index in [1.807, 2.05) is 18.2 Å². The van der Waals surface area contributed by atoms with Gasteiger partial charge in [0.2, 0.25) is 0 Å². The molecule has 4 heterocycles. The Balaban J connectivity index is 0.000000238. The van der Waals surface area contributed by atoms with Crippen LogP contribution in [0.5, 0.6) is 0 Å². The molecule has 0 saturated carbocycles. The van der Waals surface area contributed by atoms with Crippen LogP contribution in [0.15, 0.2) is 146 Å². The van der Waals surface area contributed by atoms with Crippen LogP contribution in [0.25, 0.3) is 77.6 Å². The predicted molar refractivity (Wildman–Crippen MR) is 273 cm³/mol. The molecular weight excluding hydrogens is 1010 g/mol. The standard InChI is InChI=1S/C41H33FN3.C17H23N2Si.Ir/c1-25(2)32-12-9-13-33(26(3)4)40(32)45-38-15-8-7-14-36(38)43-41(45)29-16-21-37-34(23-29)35-22-27-10-5-6-11-28(27)24-39(35)44(37)31-19-17-30(42)18-20-31;1-13(2)10-15-11-16(14-6-8-18-9-7-14)19-12-17(15)20(3,4)5;/h5-15,17-26H,1-4H3;6,8-9,11-13H,10H2,1-5H3;/q2*-1;. The molecule has 0 atom stereocenters. The molecule has 6 aromatic carbocycles. The van der Waals surface area contributed by atoms with E-state index in [1.165, 1.54) is 45.1 Å². The average molecular weight is 1060 g/mol. The van der Waals surface area contributed by atoms with Crippen molar-refractivity contribution in [3.8, 4) is 34.0 Å². The molecule has 0 aliphatic carbocycles. The fourth-order valence-electron chi connectivity index (χ4n) is 9.25. The number of aromatic nitrogens is 5. The normalized spacial score (nSPS) is 11.8. The Morgan fingerprint density at radius 1 is 0.652 bits per heavy atom. The number of benzene rings is 6. The van der Waals surface area contributed by atoms with Crippen molar-refractivity contribution in [2.75, 3.05) is 0 Å². The molecule has 0 N–H and O–H groups in total. The quantitative estimate of drug-likeness (QED) is 0.107. The molecule has 335 valence electrons. The monoisotopic (exact) mass is 1060 g/mol. The average Bonchev–Trinajstić information content (AvgIpc) is 3.83. The van der Waals surface area contributed by atoms with Crippen LogP contribution in [0, 0.1) is 23.9 Å². The largest absolute Gasteiger partial charge is 0.351 e. The van der Waals surface area contributed by atoms with Gasteiger partial charge in [0.1, 0.15) is 5.82 Å². The summed E-state index contributed by atoms with van der Waals surface area (Å²) in [5, 5.41) is 6.06. The fraction of sp³-hybridized carbons (Fsp3) is 0.224. The van der Waals surface area contributed by atoms with Crippen molar-refractivity contribution in [1.82, 2.24) is 24.1 Å². The van der Waals surface area contributed by atoms with Crippen LogP contribution < -0.4 is 5.19 Å². The number of hydrogen-bond acceptors (Lipinski definition) is 3. The van der Waals surface area contributed by atoms with E-state index in [4.69, 9.17) is 4.98 Å². The Kier molecular flexibility index (Phi) is 13.4. The third kappa shape index (κ3) is 9.07. The van der Waals surface area contributed by atoms with Crippen molar-refractivity contribution in [2.24, 2.45) is 5.92 Å². The molecular formula is C58H56FIrN5Si-2. The summed E-state index contributed by atoms with van der Waals surface area (Å²) < 4.78 is 18.6. The van der Waals surface area contributed by atoms with Gasteiger partial charge in [-0.15, -0.1) is 29.8 Å². The number of nitrogens with zero attached hydrogens (tertiary/aromatic N) is 5. The first-order chi connectivity index (χ1) is 31.3.